The number of carbonyl (C=O) groups excluding carboxylic acids is 1. The van der Waals surface area contributed by atoms with Gasteiger partial charge in [-0.05, 0) is 60.5 Å². The minimum atomic E-state index is -4.46. The second kappa shape index (κ2) is 13.6. The first-order valence-corrected chi connectivity index (χ1v) is 12.5. The Kier molecular flexibility index (Phi) is 10.3. The monoisotopic (exact) mass is 546 g/mol. The Labute approximate surface area is 224 Å². The summed E-state index contributed by atoms with van der Waals surface area (Å²) in [6.45, 7) is 2.33. The fourth-order valence-corrected chi connectivity index (χ4v) is 3.84. The Morgan fingerprint density at radius 1 is 1.00 bits per heavy atom. The third-order valence-corrected chi connectivity index (χ3v) is 5.96. The van der Waals surface area contributed by atoms with Gasteiger partial charge in [0.1, 0.15) is 18.2 Å². The lowest BCUT2D eigenvalue weighted by Crippen LogP contribution is -2.27. The fraction of sp³-hybridized carbons (Fsp3) is 0.310. The van der Waals surface area contributed by atoms with Crippen molar-refractivity contribution in [2.75, 3.05) is 18.5 Å². The maximum absolute atomic E-state index is 14.8. The molecule has 0 spiro atoms. The van der Waals surface area contributed by atoms with Crippen molar-refractivity contribution >= 4 is 17.6 Å². The number of hydrogen-bond acceptors (Lipinski definition) is 4. The van der Waals surface area contributed by atoms with Crippen molar-refractivity contribution in [3.8, 4) is 16.9 Å². The third kappa shape index (κ3) is 9.01. The number of hydrogen-bond donors (Lipinski definition) is 3. The number of carboxylic acid groups (broad SMARTS) is 1. The van der Waals surface area contributed by atoms with Crippen molar-refractivity contribution < 1.29 is 37.0 Å². The van der Waals surface area contributed by atoms with Crippen LogP contribution in [0.2, 0.25) is 0 Å². The fourth-order valence-electron chi connectivity index (χ4n) is 3.84. The van der Waals surface area contributed by atoms with Crippen LogP contribution in [0.5, 0.6) is 5.75 Å². The van der Waals surface area contributed by atoms with E-state index in [0.29, 0.717) is 16.9 Å². The summed E-state index contributed by atoms with van der Waals surface area (Å²) in [7, 11) is 0. The molecule has 1 atom stereocenters. The highest BCUT2D eigenvalue weighted by molar-refractivity contribution is 5.94. The minimum Gasteiger partial charge on any atom is -0.491 e. The predicted octanol–water partition coefficient (Wildman–Crippen LogP) is 6.77. The highest BCUT2D eigenvalue weighted by Crippen LogP contribution is 2.32. The molecular weight excluding hydrogens is 516 g/mol. The highest BCUT2D eigenvalue weighted by Gasteiger charge is 2.30. The number of nitrogens with one attached hydrogen (secondary N) is 2. The second-order valence-corrected chi connectivity index (χ2v) is 8.99. The van der Waals surface area contributed by atoms with Gasteiger partial charge in [-0.15, -0.1) is 0 Å². The van der Waals surface area contributed by atoms with Crippen LogP contribution in [0.3, 0.4) is 0 Å². The average Bonchev–Trinajstić information content (AvgIpc) is 2.90. The summed E-state index contributed by atoms with van der Waals surface area (Å²) in [4.78, 5) is 22.7. The number of halogens is 4. The zero-order valence-corrected chi connectivity index (χ0v) is 21.4. The molecule has 3 aromatic rings. The van der Waals surface area contributed by atoms with Crippen LogP contribution in [-0.4, -0.2) is 36.2 Å². The van der Waals surface area contributed by atoms with E-state index in [-0.39, 0.29) is 37.1 Å². The van der Waals surface area contributed by atoms with Gasteiger partial charge in [-0.1, -0.05) is 31.9 Å². The second-order valence-electron chi connectivity index (χ2n) is 8.99. The van der Waals surface area contributed by atoms with Crippen LogP contribution in [0.15, 0.2) is 66.7 Å². The molecule has 0 aliphatic rings. The molecule has 0 heterocycles. The Bertz CT molecular complexity index is 1250. The van der Waals surface area contributed by atoms with Crippen molar-refractivity contribution in [3.05, 3.63) is 83.7 Å². The molecule has 0 saturated carbocycles. The van der Waals surface area contributed by atoms with Crippen LogP contribution >= 0.6 is 0 Å². The van der Waals surface area contributed by atoms with E-state index in [4.69, 9.17) is 9.84 Å². The van der Waals surface area contributed by atoms with Gasteiger partial charge in [0.15, 0.2) is 0 Å². The quantitative estimate of drug-likeness (QED) is 0.206. The molecule has 3 rings (SSSR count). The van der Waals surface area contributed by atoms with Crippen LogP contribution < -0.4 is 15.4 Å². The largest absolute Gasteiger partial charge is 0.491 e. The van der Waals surface area contributed by atoms with Gasteiger partial charge in [0.2, 0.25) is 0 Å². The molecule has 0 radical (unpaired) electrons. The number of anilines is 1. The molecule has 0 bridgehead atoms. The van der Waals surface area contributed by atoms with Gasteiger partial charge in [-0.2, -0.15) is 13.2 Å². The molecule has 0 fully saturated rings. The van der Waals surface area contributed by atoms with Crippen LogP contribution in [0.4, 0.5) is 23.2 Å². The standard InChI is InChI=1S/C29H30F4N2O4/c1-2-3-4-23(35-22-11-7-20(8-12-22)28(38)34-16-15-27(36)37)18-39-24-13-14-25(26(30)17-24)19-5-9-21(10-6-19)29(31,32)33/h5-14,17,23,35H,2-4,15-16,18H2,1H3,(H,34,38)(H,36,37)/t23-/m0/s1. The smallest absolute Gasteiger partial charge is 0.416 e. The van der Waals surface area contributed by atoms with Crippen LogP contribution in [-0.2, 0) is 11.0 Å². The number of amides is 1. The highest BCUT2D eigenvalue weighted by atomic mass is 19.4. The van der Waals surface area contributed by atoms with Crippen molar-refractivity contribution in [2.45, 2.75) is 44.8 Å². The lowest BCUT2D eigenvalue weighted by molar-refractivity contribution is -0.138. The number of rotatable bonds is 13. The third-order valence-electron chi connectivity index (χ3n) is 5.96. The van der Waals surface area contributed by atoms with Crippen LogP contribution in [0.25, 0.3) is 11.1 Å². The van der Waals surface area contributed by atoms with E-state index in [1.165, 1.54) is 24.3 Å². The number of ether oxygens (including phenoxy) is 1. The van der Waals surface area contributed by atoms with Gasteiger partial charge in [0.25, 0.3) is 5.91 Å². The molecule has 208 valence electrons. The van der Waals surface area contributed by atoms with Crippen molar-refractivity contribution in [3.63, 3.8) is 0 Å². The van der Waals surface area contributed by atoms with E-state index < -0.39 is 23.5 Å². The maximum Gasteiger partial charge on any atom is 0.416 e. The molecule has 0 aromatic heterocycles. The first-order chi connectivity index (χ1) is 18.6. The van der Waals surface area contributed by atoms with Gasteiger partial charge < -0.3 is 20.5 Å². The SMILES string of the molecule is CCCC[C@@H](COc1ccc(-c2ccc(C(F)(F)F)cc2)c(F)c1)Nc1ccc(C(=O)NCCC(=O)O)cc1. The van der Waals surface area contributed by atoms with Crippen molar-refractivity contribution in [1.29, 1.82) is 0 Å². The number of alkyl halides is 3. The number of aliphatic carboxylic acids is 1. The maximum atomic E-state index is 14.8. The zero-order valence-electron chi connectivity index (χ0n) is 21.4. The number of carboxylic acids is 1. The molecule has 0 aliphatic heterocycles. The van der Waals surface area contributed by atoms with E-state index in [9.17, 15) is 27.2 Å². The Balaban J connectivity index is 1.61. The number of carbonyl (C=O) groups is 2. The predicted molar refractivity (Wildman–Crippen MR) is 140 cm³/mol. The summed E-state index contributed by atoms with van der Waals surface area (Å²) < 4.78 is 59.0. The van der Waals surface area contributed by atoms with E-state index >= 15 is 0 Å². The van der Waals surface area contributed by atoms with Gasteiger partial charge in [0.05, 0.1) is 18.0 Å². The zero-order chi connectivity index (χ0) is 28.4. The first kappa shape index (κ1) is 29.5. The van der Waals surface area contributed by atoms with Gasteiger partial charge in [0, 0.05) is 29.4 Å². The molecule has 10 heteroatoms. The van der Waals surface area contributed by atoms with Gasteiger partial charge >= 0.3 is 12.1 Å². The molecule has 6 nitrogen and oxygen atoms in total. The molecule has 0 unspecified atom stereocenters. The first-order valence-electron chi connectivity index (χ1n) is 12.5. The van der Waals surface area contributed by atoms with E-state index in [1.54, 1.807) is 30.3 Å². The van der Waals surface area contributed by atoms with E-state index in [0.717, 1.165) is 37.1 Å². The van der Waals surface area contributed by atoms with Crippen LogP contribution in [0.1, 0.15) is 48.5 Å². The summed E-state index contributed by atoms with van der Waals surface area (Å²) in [5.41, 5.74) is 0.852. The topological polar surface area (TPSA) is 87.7 Å². The van der Waals surface area contributed by atoms with Gasteiger partial charge in [-0.3, -0.25) is 9.59 Å². The summed E-state index contributed by atoms with van der Waals surface area (Å²) in [5.74, 6) is -1.68. The van der Waals surface area contributed by atoms with Crippen LogP contribution in [0, 0.1) is 5.82 Å². The minimum absolute atomic E-state index is 0.0382. The molecule has 39 heavy (non-hydrogen) atoms. The van der Waals surface area contributed by atoms with E-state index in [2.05, 4.69) is 17.6 Å². The lowest BCUT2D eigenvalue weighted by atomic mass is 10.0. The van der Waals surface area contributed by atoms with Crippen molar-refractivity contribution in [1.82, 2.24) is 5.32 Å². The average molecular weight is 547 g/mol. The molecule has 0 saturated heterocycles. The molecule has 3 aromatic carbocycles. The Hall–Kier alpha value is -4.08. The molecule has 1 amide bonds. The Morgan fingerprint density at radius 2 is 1.69 bits per heavy atom. The normalized spacial score (nSPS) is 12.0. The molecule has 3 N–H and O–H groups in total. The Morgan fingerprint density at radius 3 is 2.28 bits per heavy atom. The van der Waals surface area contributed by atoms with Gasteiger partial charge in [-0.25, -0.2) is 4.39 Å². The molecule has 0 aliphatic carbocycles. The van der Waals surface area contributed by atoms with Crippen molar-refractivity contribution in [2.24, 2.45) is 0 Å². The van der Waals surface area contributed by atoms with E-state index in [1.807, 2.05) is 0 Å². The summed E-state index contributed by atoms with van der Waals surface area (Å²) in [5, 5.41) is 14.6. The summed E-state index contributed by atoms with van der Waals surface area (Å²) in [6.07, 6.45) is -1.96. The number of benzene rings is 3. The number of unbranched alkanes of at least 4 members (excludes halogenated alkanes) is 1. The summed E-state index contributed by atoms with van der Waals surface area (Å²) in [6, 6.07) is 15.2. The lowest BCUT2D eigenvalue weighted by Gasteiger charge is -2.21. The summed E-state index contributed by atoms with van der Waals surface area (Å²) >= 11 is 0. The molecular formula is C29H30F4N2O4.